The van der Waals surface area contributed by atoms with Gasteiger partial charge in [-0.3, -0.25) is 15.4 Å². The molecule has 0 saturated carbocycles. The molecule has 0 aromatic heterocycles. The summed E-state index contributed by atoms with van der Waals surface area (Å²) in [6.45, 7) is 8.76. The van der Waals surface area contributed by atoms with E-state index in [0.29, 0.717) is 89.1 Å². The fraction of sp³-hybridized carbons (Fsp3) is 0.719. The van der Waals surface area contributed by atoms with Crippen LogP contribution in [0.5, 0.6) is 5.75 Å². The van der Waals surface area contributed by atoms with E-state index in [-0.39, 0.29) is 23.9 Å². The molecule has 3 unspecified atom stereocenters. The lowest BCUT2D eigenvalue weighted by Crippen LogP contribution is -2.59. The van der Waals surface area contributed by atoms with E-state index in [1.165, 1.54) is 0 Å². The molecule has 0 radical (unpaired) electrons. The Morgan fingerprint density at radius 2 is 1.62 bits per heavy atom. The summed E-state index contributed by atoms with van der Waals surface area (Å²) in [5, 5.41) is 57.9. The first-order valence-electron chi connectivity index (χ1n) is 16.9. The zero-order valence-corrected chi connectivity index (χ0v) is 29.0. The molecule has 1 aliphatic heterocycles. The van der Waals surface area contributed by atoms with Gasteiger partial charge in [0.1, 0.15) is 24.1 Å². The number of hydroxylamine groups is 2. The first-order chi connectivity index (χ1) is 24.2. The Hall–Kier alpha value is -3.01. The van der Waals surface area contributed by atoms with E-state index >= 15 is 0 Å². The van der Waals surface area contributed by atoms with Crippen LogP contribution in [0.1, 0.15) is 44.6 Å². The molecule has 0 aliphatic carbocycles. The Kier molecular flexibility index (Phi) is 22.3. The fourth-order valence-corrected chi connectivity index (χ4v) is 4.63. The number of nitrogens with one attached hydrogen (secondary N) is 2. The summed E-state index contributed by atoms with van der Waals surface area (Å²) in [7, 11) is 0. The monoisotopic (exact) mass is 716 g/mol. The number of nitrogens with zero attached hydrogens (tertiary/aromatic N) is 3. The van der Waals surface area contributed by atoms with Crippen LogP contribution in [-0.2, 0) is 23.7 Å². The number of hydrogen-bond donors (Lipinski definition) is 8. The summed E-state index contributed by atoms with van der Waals surface area (Å²) >= 11 is 0. The Morgan fingerprint density at radius 3 is 2.24 bits per heavy atom. The van der Waals surface area contributed by atoms with Gasteiger partial charge in [-0.05, 0) is 62.8 Å². The first-order valence-corrected chi connectivity index (χ1v) is 16.9. The van der Waals surface area contributed by atoms with Gasteiger partial charge in [0.2, 0.25) is 6.29 Å². The number of aliphatic imine (C=N–C) groups is 1. The maximum Gasteiger partial charge on any atom is 0.319 e. The molecule has 18 heteroatoms. The van der Waals surface area contributed by atoms with Crippen molar-refractivity contribution in [3.05, 3.63) is 23.8 Å². The zero-order valence-electron chi connectivity index (χ0n) is 29.0. The molecule has 5 atom stereocenters. The lowest BCUT2D eigenvalue weighted by atomic mass is 9.97. The normalized spacial score (nSPS) is 21.2. The Labute approximate surface area is 293 Å². The van der Waals surface area contributed by atoms with Crippen molar-refractivity contribution < 1.29 is 58.9 Å². The van der Waals surface area contributed by atoms with E-state index in [9.17, 15) is 20.1 Å². The van der Waals surface area contributed by atoms with Crippen LogP contribution >= 0.6 is 0 Å². The number of carbonyl (C=O) groups excluding carboxylic acids is 1. The maximum atomic E-state index is 12.5. The molecular weight excluding hydrogens is 660 g/mol. The Morgan fingerprint density at radius 1 is 0.960 bits per heavy atom. The topological polar surface area (TPSA) is 252 Å². The lowest BCUT2D eigenvalue weighted by Gasteiger charge is -2.40. The third kappa shape index (κ3) is 17.8. The van der Waals surface area contributed by atoms with Crippen LogP contribution in [-0.4, -0.2) is 152 Å². The number of aliphatic hydroxyl groups is 3. The SMILES string of the molecule is CCCOCCOCCOCCOCCN=C/C(CCCCNC(=O)Nc1ccc(O[C@H]2OC(CCN(O)O)[C@@H](O)C(O)C2O)cc1C)=N\N. The van der Waals surface area contributed by atoms with Crippen LogP contribution in [0.4, 0.5) is 10.5 Å². The minimum Gasteiger partial charge on any atom is -0.462 e. The number of hydrazone groups is 1. The first kappa shape index (κ1) is 43.2. The van der Waals surface area contributed by atoms with Crippen LogP contribution < -0.4 is 21.2 Å². The van der Waals surface area contributed by atoms with Crippen LogP contribution in [0.15, 0.2) is 28.3 Å². The number of aliphatic hydroxyl groups excluding tert-OH is 3. The molecule has 0 bridgehead atoms. The molecule has 50 heavy (non-hydrogen) atoms. The van der Waals surface area contributed by atoms with Gasteiger partial charge < -0.3 is 60.2 Å². The van der Waals surface area contributed by atoms with Crippen molar-refractivity contribution in [2.24, 2.45) is 15.9 Å². The molecule has 9 N–H and O–H groups in total. The molecule has 1 aromatic rings. The average molecular weight is 717 g/mol. The van der Waals surface area contributed by atoms with E-state index in [4.69, 9.17) is 44.7 Å². The molecule has 1 saturated heterocycles. The number of rotatable bonds is 26. The van der Waals surface area contributed by atoms with Gasteiger partial charge in [-0.2, -0.15) is 5.10 Å². The predicted octanol–water partition coefficient (Wildman–Crippen LogP) is 0.806. The van der Waals surface area contributed by atoms with Crippen molar-refractivity contribution in [2.45, 2.75) is 76.7 Å². The van der Waals surface area contributed by atoms with Crippen molar-refractivity contribution >= 4 is 23.6 Å². The lowest BCUT2D eigenvalue weighted by molar-refractivity contribution is -0.317. The van der Waals surface area contributed by atoms with E-state index in [1.807, 2.05) is 0 Å². The quantitative estimate of drug-likeness (QED) is 0.0286. The second-order valence-corrected chi connectivity index (χ2v) is 11.4. The molecule has 0 spiro atoms. The molecule has 1 aliphatic rings. The van der Waals surface area contributed by atoms with Gasteiger partial charge in [-0.1, -0.05) is 12.2 Å². The fourth-order valence-electron chi connectivity index (χ4n) is 4.63. The van der Waals surface area contributed by atoms with Gasteiger partial charge in [0.25, 0.3) is 0 Å². The van der Waals surface area contributed by atoms with E-state index in [1.54, 1.807) is 31.3 Å². The summed E-state index contributed by atoms with van der Waals surface area (Å²) in [6, 6.07) is 4.39. The van der Waals surface area contributed by atoms with Crippen molar-refractivity contribution in [2.75, 3.05) is 77.8 Å². The van der Waals surface area contributed by atoms with Crippen LogP contribution in [0.3, 0.4) is 0 Å². The summed E-state index contributed by atoms with van der Waals surface area (Å²) < 4.78 is 33.0. The van der Waals surface area contributed by atoms with Crippen molar-refractivity contribution in [1.82, 2.24) is 10.5 Å². The van der Waals surface area contributed by atoms with E-state index in [0.717, 1.165) is 19.4 Å². The molecule has 2 amide bonds. The minimum atomic E-state index is -1.57. The van der Waals surface area contributed by atoms with E-state index < -0.39 is 36.7 Å². The second kappa shape index (κ2) is 25.9. The van der Waals surface area contributed by atoms with Crippen molar-refractivity contribution in [3.8, 4) is 5.75 Å². The largest absolute Gasteiger partial charge is 0.462 e. The van der Waals surface area contributed by atoms with Crippen LogP contribution in [0.25, 0.3) is 0 Å². The zero-order chi connectivity index (χ0) is 36.6. The molecule has 1 fully saturated rings. The van der Waals surface area contributed by atoms with Gasteiger partial charge in [-0.25, -0.2) is 4.79 Å². The highest BCUT2D eigenvalue weighted by Crippen LogP contribution is 2.28. The summed E-state index contributed by atoms with van der Waals surface area (Å²) in [4.78, 5) is 16.8. The van der Waals surface area contributed by atoms with Gasteiger partial charge in [0.05, 0.1) is 71.2 Å². The Bertz CT molecular complexity index is 1130. The minimum absolute atomic E-state index is 0.0493. The molecule has 18 nitrogen and oxygen atoms in total. The van der Waals surface area contributed by atoms with Gasteiger partial charge in [0, 0.05) is 25.1 Å². The van der Waals surface area contributed by atoms with Crippen molar-refractivity contribution in [3.63, 3.8) is 0 Å². The van der Waals surface area contributed by atoms with Gasteiger partial charge in [-0.15, -0.1) is 0 Å². The maximum absolute atomic E-state index is 12.5. The molecule has 1 heterocycles. The summed E-state index contributed by atoms with van der Waals surface area (Å²) in [5.41, 5.74) is 1.83. The molecule has 1 aromatic carbocycles. The number of benzene rings is 1. The third-order valence-corrected chi connectivity index (χ3v) is 7.36. The highest BCUT2D eigenvalue weighted by atomic mass is 16.8. The number of aryl methyl sites for hydroxylation is 1. The molecule has 286 valence electrons. The van der Waals surface area contributed by atoms with Crippen LogP contribution in [0, 0.1) is 6.92 Å². The van der Waals surface area contributed by atoms with E-state index in [2.05, 4.69) is 27.7 Å². The molecular formula is C32H56N6O12. The third-order valence-electron chi connectivity index (χ3n) is 7.36. The number of urea groups is 1. The highest BCUT2D eigenvalue weighted by molar-refractivity contribution is 6.30. The van der Waals surface area contributed by atoms with Crippen molar-refractivity contribution in [1.29, 1.82) is 0 Å². The summed E-state index contributed by atoms with van der Waals surface area (Å²) in [6.07, 6.45) is -2.33. The smallest absolute Gasteiger partial charge is 0.319 e. The Balaban J connectivity index is 1.58. The highest BCUT2D eigenvalue weighted by Gasteiger charge is 2.44. The number of amides is 2. The number of anilines is 1. The van der Waals surface area contributed by atoms with Crippen LogP contribution in [0.2, 0.25) is 0 Å². The number of nitrogens with two attached hydrogens (primary N) is 1. The standard InChI is InChI=1S/C32H56N6O12/c1-3-13-45-15-17-47-19-20-48-18-16-46-14-11-34-22-24(37-33)6-4-5-10-35-32(42)36-26-8-7-25(21-23(26)2)49-31-30(41)29(40)28(39)27(50-31)9-12-38(43)44/h7-8,21-22,27-31,39-41,43-44H,3-6,9-20,33H2,1-2H3,(H2,35,36,42)/b34-22?,37-24-/t27?,28-,29?,30?,31+/m1/s1. The number of hydrogen-bond acceptors (Lipinski definition) is 16. The average Bonchev–Trinajstić information content (AvgIpc) is 3.09. The molecule has 2 rings (SSSR count). The summed E-state index contributed by atoms with van der Waals surface area (Å²) in [5.74, 6) is 5.77. The van der Waals surface area contributed by atoms with Gasteiger partial charge in [0.15, 0.2) is 0 Å². The number of carbonyl (C=O) groups is 1. The number of ether oxygens (including phenoxy) is 6. The van der Waals surface area contributed by atoms with Gasteiger partial charge >= 0.3 is 6.03 Å². The number of unbranched alkanes of at least 4 members (excludes halogenated alkanes) is 1. The predicted molar refractivity (Wildman–Crippen MR) is 183 cm³/mol. The second-order valence-electron chi connectivity index (χ2n) is 11.4.